The second kappa shape index (κ2) is 9.91. The molecule has 1 aliphatic heterocycles. The van der Waals surface area contributed by atoms with Crippen LogP contribution in [0.3, 0.4) is 0 Å². The van der Waals surface area contributed by atoms with Gasteiger partial charge in [-0.1, -0.05) is 11.6 Å². The average molecular weight is 473 g/mol. The third-order valence-electron chi connectivity index (χ3n) is 5.22. The summed E-state index contributed by atoms with van der Waals surface area (Å²) in [6, 6.07) is 9.10. The lowest BCUT2D eigenvalue weighted by molar-refractivity contribution is -0.120. The van der Waals surface area contributed by atoms with Crippen LogP contribution in [0.4, 0.5) is 9.18 Å². The fourth-order valence-corrected chi connectivity index (χ4v) is 3.74. The van der Waals surface area contributed by atoms with Gasteiger partial charge in [-0.05, 0) is 30.3 Å². The Morgan fingerprint density at radius 1 is 1.24 bits per heavy atom. The maximum Gasteiger partial charge on any atom is 0.317 e. The van der Waals surface area contributed by atoms with Crippen LogP contribution in [0.15, 0.2) is 42.6 Å². The number of fused-ring (bicyclic) bond motifs is 1. The minimum atomic E-state index is -0.591. The fraction of sp³-hybridized carbons (Fsp3) is 0.261. The van der Waals surface area contributed by atoms with Gasteiger partial charge in [-0.15, -0.1) is 0 Å². The first-order valence-corrected chi connectivity index (χ1v) is 10.7. The van der Waals surface area contributed by atoms with Gasteiger partial charge < -0.3 is 25.0 Å². The minimum absolute atomic E-state index is 0.0213. The number of nitrogens with one attached hydrogen (secondary N) is 2. The molecular weight excluding hydrogens is 451 g/mol. The summed E-state index contributed by atoms with van der Waals surface area (Å²) in [7, 11) is 1.51. The third-order valence-corrected chi connectivity index (χ3v) is 5.45. The molecule has 0 saturated carbocycles. The van der Waals surface area contributed by atoms with Gasteiger partial charge in [0.1, 0.15) is 11.5 Å². The van der Waals surface area contributed by atoms with Crippen molar-refractivity contribution in [1.82, 2.24) is 20.5 Å². The first-order chi connectivity index (χ1) is 15.9. The predicted octanol–water partition coefficient (Wildman–Crippen LogP) is 3.51. The third kappa shape index (κ3) is 5.25. The number of methoxy groups -OCH3 is 1. The van der Waals surface area contributed by atoms with Gasteiger partial charge in [-0.2, -0.15) is 0 Å². The summed E-state index contributed by atoms with van der Waals surface area (Å²) in [5.74, 6) is 0.0899. The molecule has 2 heterocycles. The molecule has 33 heavy (non-hydrogen) atoms. The second-order valence-corrected chi connectivity index (χ2v) is 7.85. The molecule has 0 aliphatic carbocycles. The molecule has 0 spiro atoms. The van der Waals surface area contributed by atoms with Gasteiger partial charge in [0.05, 0.1) is 19.0 Å². The highest BCUT2D eigenvalue weighted by Crippen LogP contribution is 2.34. The Morgan fingerprint density at radius 3 is 2.82 bits per heavy atom. The Balaban J connectivity index is 1.52. The van der Waals surface area contributed by atoms with Crippen molar-refractivity contribution in [2.24, 2.45) is 0 Å². The number of urea groups is 1. The number of carbonyl (C=O) groups excluding carboxylic acids is 2. The van der Waals surface area contributed by atoms with E-state index in [1.807, 2.05) is 0 Å². The zero-order chi connectivity index (χ0) is 23.4. The van der Waals surface area contributed by atoms with Crippen LogP contribution in [-0.2, 0) is 11.2 Å². The van der Waals surface area contributed by atoms with Crippen molar-refractivity contribution < 1.29 is 23.5 Å². The largest absolute Gasteiger partial charge is 0.496 e. The maximum absolute atomic E-state index is 14.2. The molecule has 10 heteroatoms. The topological polar surface area (TPSA) is 92.8 Å². The van der Waals surface area contributed by atoms with E-state index in [0.29, 0.717) is 54.1 Å². The van der Waals surface area contributed by atoms with Crippen LogP contribution in [0.1, 0.15) is 5.56 Å². The summed E-state index contributed by atoms with van der Waals surface area (Å²) in [5, 5.41) is 6.41. The van der Waals surface area contributed by atoms with E-state index in [2.05, 4.69) is 15.6 Å². The monoisotopic (exact) mass is 472 g/mol. The molecule has 1 saturated heterocycles. The molecule has 2 aromatic carbocycles. The van der Waals surface area contributed by atoms with E-state index in [4.69, 9.17) is 21.1 Å². The summed E-state index contributed by atoms with van der Waals surface area (Å²) < 4.78 is 25.5. The molecule has 3 aromatic rings. The van der Waals surface area contributed by atoms with Crippen LogP contribution in [0, 0.1) is 5.82 Å². The zero-order valence-electron chi connectivity index (χ0n) is 17.9. The molecule has 1 aliphatic rings. The highest BCUT2D eigenvalue weighted by atomic mass is 35.5. The fourth-order valence-electron chi connectivity index (χ4n) is 3.58. The molecule has 4 rings (SSSR count). The smallest absolute Gasteiger partial charge is 0.317 e. The van der Waals surface area contributed by atoms with Gasteiger partial charge in [0.15, 0.2) is 11.6 Å². The number of benzene rings is 2. The molecule has 8 nitrogen and oxygen atoms in total. The standard InChI is InChI=1S/C23H22ClFN4O4/c1-32-21-13-18-16(19(4-5-26-18)33-20-3-2-15(24)12-17(20)25)10-14(21)11-22(30)27-6-8-29-9-7-28-23(29)31/h2-5,10,12-13H,6-9,11H2,1H3,(H,27,30)(H,28,31). The molecule has 1 aromatic heterocycles. The number of rotatable bonds is 8. The molecule has 0 unspecified atom stereocenters. The van der Waals surface area contributed by atoms with Gasteiger partial charge in [0.2, 0.25) is 5.91 Å². The van der Waals surface area contributed by atoms with Crippen LogP contribution in [0.2, 0.25) is 5.02 Å². The molecule has 3 amide bonds. The Hall–Kier alpha value is -3.59. The normalized spacial score (nSPS) is 13.2. The summed E-state index contributed by atoms with van der Waals surface area (Å²) >= 11 is 5.82. The Kier molecular flexibility index (Phi) is 6.79. The quantitative estimate of drug-likeness (QED) is 0.523. The van der Waals surface area contributed by atoms with Gasteiger partial charge >= 0.3 is 6.03 Å². The molecule has 0 atom stereocenters. The van der Waals surface area contributed by atoms with Crippen LogP contribution in [-0.4, -0.2) is 55.1 Å². The van der Waals surface area contributed by atoms with Crippen molar-refractivity contribution >= 4 is 34.4 Å². The number of pyridine rings is 1. The van der Waals surface area contributed by atoms with Crippen LogP contribution >= 0.6 is 11.6 Å². The summed E-state index contributed by atoms with van der Waals surface area (Å²) in [4.78, 5) is 30.1. The molecule has 0 bridgehead atoms. The summed E-state index contributed by atoms with van der Waals surface area (Å²) in [6.07, 6.45) is 1.60. The van der Waals surface area contributed by atoms with Crippen molar-refractivity contribution in [2.75, 3.05) is 33.3 Å². The van der Waals surface area contributed by atoms with Gasteiger partial charge in [0, 0.05) is 54.4 Å². The van der Waals surface area contributed by atoms with Crippen LogP contribution in [0.25, 0.3) is 10.9 Å². The van der Waals surface area contributed by atoms with E-state index in [1.54, 1.807) is 29.3 Å². The Labute approximate surface area is 194 Å². The van der Waals surface area contributed by atoms with Crippen molar-refractivity contribution in [2.45, 2.75) is 6.42 Å². The minimum Gasteiger partial charge on any atom is -0.496 e. The Morgan fingerprint density at radius 2 is 2.09 bits per heavy atom. The number of carbonyl (C=O) groups is 2. The van der Waals surface area contributed by atoms with Crippen LogP contribution < -0.4 is 20.1 Å². The highest BCUT2D eigenvalue weighted by Gasteiger charge is 2.19. The summed E-state index contributed by atoms with van der Waals surface area (Å²) in [6.45, 7) is 2.01. The average Bonchev–Trinajstić information content (AvgIpc) is 3.20. The molecule has 172 valence electrons. The molecule has 0 radical (unpaired) electrons. The van der Waals surface area contributed by atoms with E-state index in [1.165, 1.54) is 25.3 Å². The lowest BCUT2D eigenvalue weighted by Gasteiger charge is -2.15. The summed E-state index contributed by atoms with van der Waals surface area (Å²) in [5.41, 5.74) is 1.19. The van der Waals surface area contributed by atoms with E-state index < -0.39 is 5.82 Å². The van der Waals surface area contributed by atoms with Crippen molar-refractivity contribution in [1.29, 1.82) is 0 Å². The first-order valence-electron chi connectivity index (χ1n) is 10.3. The molecular formula is C23H22ClFN4O4. The van der Waals surface area contributed by atoms with Crippen molar-refractivity contribution in [3.8, 4) is 17.2 Å². The lowest BCUT2D eigenvalue weighted by atomic mass is 10.1. The number of ether oxygens (including phenoxy) is 2. The molecule has 1 fully saturated rings. The van der Waals surface area contributed by atoms with Crippen molar-refractivity contribution in [3.05, 3.63) is 59.0 Å². The predicted molar refractivity (Wildman–Crippen MR) is 121 cm³/mol. The molecule has 2 N–H and O–H groups in total. The number of hydrogen-bond acceptors (Lipinski definition) is 5. The van der Waals surface area contributed by atoms with Crippen LogP contribution in [0.5, 0.6) is 17.2 Å². The van der Waals surface area contributed by atoms with E-state index in [0.717, 1.165) is 0 Å². The lowest BCUT2D eigenvalue weighted by Crippen LogP contribution is -2.37. The second-order valence-electron chi connectivity index (χ2n) is 7.41. The van der Waals surface area contributed by atoms with E-state index in [9.17, 15) is 14.0 Å². The van der Waals surface area contributed by atoms with E-state index in [-0.39, 0.29) is 29.1 Å². The number of amides is 3. The number of aromatic nitrogens is 1. The Bertz CT molecular complexity index is 1210. The number of hydrogen-bond donors (Lipinski definition) is 2. The first kappa shape index (κ1) is 22.6. The zero-order valence-corrected chi connectivity index (χ0v) is 18.6. The number of halogens is 2. The highest BCUT2D eigenvalue weighted by molar-refractivity contribution is 6.30. The van der Waals surface area contributed by atoms with Gasteiger partial charge in [-0.25, -0.2) is 9.18 Å². The van der Waals surface area contributed by atoms with Crippen molar-refractivity contribution in [3.63, 3.8) is 0 Å². The SMILES string of the molecule is COc1cc2nccc(Oc3ccc(Cl)cc3F)c2cc1CC(=O)NCCN1CCNC1=O. The van der Waals surface area contributed by atoms with E-state index >= 15 is 0 Å². The van der Waals surface area contributed by atoms with Gasteiger partial charge in [-0.3, -0.25) is 9.78 Å². The number of nitrogens with zero attached hydrogens (tertiary/aromatic N) is 2. The van der Waals surface area contributed by atoms with Gasteiger partial charge in [0.25, 0.3) is 0 Å². The maximum atomic E-state index is 14.2.